The number of alkyl halides is 9. The smallest absolute Gasteiger partial charge is 0.475 e. The summed E-state index contributed by atoms with van der Waals surface area (Å²) in [6.07, 6.45) is -5.25. The lowest BCUT2D eigenvalue weighted by Gasteiger charge is -2.53. The number of H-pyrrole nitrogens is 1. The molecule has 58 heavy (non-hydrogen) atoms. The van der Waals surface area contributed by atoms with Gasteiger partial charge in [0.05, 0.1) is 24.4 Å². The number of carbonyl (C=O) groups is 3. The van der Waals surface area contributed by atoms with Gasteiger partial charge < -0.3 is 24.8 Å². The van der Waals surface area contributed by atoms with Gasteiger partial charge >= 0.3 is 30.5 Å². The fourth-order valence-corrected chi connectivity index (χ4v) is 6.02. The molecule has 0 bridgehead atoms. The lowest BCUT2D eigenvalue weighted by molar-refractivity contribution is -0.193. The molecule has 0 radical (unpaired) electrons. The summed E-state index contributed by atoms with van der Waals surface area (Å²) in [5, 5.41) is 29.4. The summed E-state index contributed by atoms with van der Waals surface area (Å²) >= 11 is 0. The zero-order valence-corrected chi connectivity index (χ0v) is 30.2. The number of nitrogens with zero attached hydrogens (tertiary/aromatic N) is 9. The molecule has 0 aromatic carbocycles. The zero-order chi connectivity index (χ0) is 43.2. The van der Waals surface area contributed by atoms with Gasteiger partial charge in [-0.3, -0.25) is 14.4 Å². The van der Waals surface area contributed by atoms with Crippen LogP contribution < -0.4 is 4.74 Å². The first-order chi connectivity index (χ1) is 27.0. The standard InChI is InChI=1S/C29H31F3N10O2.2C2HF3O2/c1-3-40(2)26(43)22-12-23(39-27(38-22)29(30,31)32)44-20-6-4-19(5-7-20)41-15-28(16-41,9-10-33)42-14-18(13-37-42)24-21-8-11-34-25(21)36-17-35-24;2*3-2(4,5)1(6)7/h8,11-14,17,19-20H,3-7,9,15-16H2,1-2H3,(H,34,35,36);2*(H,6,7). The van der Waals surface area contributed by atoms with Crippen LogP contribution in [0.2, 0.25) is 0 Å². The van der Waals surface area contributed by atoms with Gasteiger partial charge in [0, 0.05) is 62.1 Å². The van der Waals surface area contributed by atoms with Crippen molar-refractivity contribution in [1.82, 2.24) is 44.5 Å². The molecule has 1 aliphatic heterocycles. The number of hydrogen-bond donors (Lipinski definition) is 3. The summed E-state index contributed by atoms with van der Waals surface area (Å²) in [6.45, 7) is 3.34. The van der Waals surface area contributed by atoms with Crippen molar-refractivity contribution in [2.45, 2.75) is 75.2 Å². The summed E-state index contributed by atoms with van der Waals surface area (Å²) in [6, 6.07) is 5.66. The Balaban J connectivity index is 0.000000456. The molecular weight excluding hydrogens is 803 g/mol. The molecule has 1 saturated heterocycles. The number of halogens is 9. The van der Waals surface area contributed by atoms with Crippen LogP contribution >= 0.6 is 0 Å². The number of likely N-dealkylation sites (tertiary alicyclic amines) is 1. The van der Waals surface area contributed by atoms with E-state index in [2.05, 4.69) is 41.0 Å². The summed E-state index contributed by atoms with van der Waals surface area (Å²) in [4.78, 5) is 52.7. The average molecular weight is 837 g/mol. The monoisotopic (exact) mass is 836 g/mol. The van der Waals surface area contributed by atoms with Gasteiger partial charge in [-0.25, -0.2) is 24.5 Å². The fraction of sp³-hybridized carbons (Fsp3) is 0.485. The van der Waals surface area contributed by atoms with Gasteiger partial charge in [0.1, 0.15) is 29.3 Å². The lowest BCUT2D eigenvalue weighted by Crippen LogP contribution is -2.65. The van der Waals surface area contributed by atoms with Crippen molar-refractivity contribution >= 4 is 28.9 Å². The molecule has 4 aromatic rings. The van der Waals surface area contributed by atoms with Crippen LogP contribution in [-0.4, -0.2) is 124 Å². The maximum absolute atomic E-state index is 13.5. The van der Waals surface area contributed by atoms with Crippen LogP contribution in [0, 0.1) is 11.3 Å². The van der Waals surface area contributed by atoms with Crippen molar-refractivity contribution in [1.29, 1.82) is 5.26 Å². The van der Waals surface area contributed by atoms with Crippen LogP contribution in [0.1, 0.15) is 55.3 Å². The molecule has 1 saturated carbocycles. The maximum Gasteiger partial charge on any atom is 0.490 e. The van der Waals surface area contributed by atoms with Crippen molar-refractivity contribution in [3.05, 3.63) is 48.6 Å². The number of aromatic nitrogens is 7. The highest BCUT2D eigenvalue weighted by Crippen LogP contribution is 2.39. The number of hydrogen-bond acceptors (Lipinski definition) is 11. The second-order valence-electron chi connectivity index (χ2n) is 13.0. The van der Waals surface area contributed by atoms with Crippen molar-refractivity contribution < 1.29 is 68.8 Å². The number of carbonyl (C=O) groups excluding carboxylic acids is 1. The molecule has 2 fully saturated rings. The Hall–Kier alpha value is -6.06. The minimum atomic E-state index is -5.08. The number of carboxylic acid groups (broad SMARTS) is 2. The van der Waals surface area contributed by atoms with Crippen molar-refractivity contribution in [3.63, 3.8) is 0 Å². The second kappa shape index (κ2) is 17.6. The number of aromatic amines is 1. The third-order valence-electron chi connectivity index (χ3n) is 9.03. The Labute approximate surface area is 321 Å². The van der Waals surface area contributed by atoms with Gasteiger partial charge in [-0.05, 0) is 38.7 Å². The summed E-state index contributed by atoms with van der Waals surface area (Å²) in [5.41, 5.74) is 1.53. The second-order valence-corrected chi connectivity index (χ2v) is 13.0. The Kier molecular flexibility index (Phi) is 13.6. The van der Waals surface area contributed by atoms with Crippen LogP contribution in [0.5, 0.6) is 5.88 Å². The first-order valence-electron chi connectivity index (χ1n) is 16.9. The van der Waals surface area contributed by atoms with Crippen LogP contribution in [0.4, 0.5) is 39.5 Å². The Bertz CT molecular complexity index is 2090. The highest BCUT2D eigenvalue weighted by Gasteiger charge is 2.48. The summed E-state index contributed by atoms with van der Waals surface area (Å²) in [5.74, 6) is -7.80. The largest absolute Gasteiger partial charge is 0.490 e. The third kappa shape index (κ3) is 10.9. The van der Waals surface area contributed by atoms with Gasteiger partial charge in [-0.1, -0.05) is 0 Å². The molecule has 314 valence electrons. The number of carboxylic acids is 2. The minimum absolute atomic E-state index is 0.240. The third-order valence-corrected chi connectivity index (χ3v) is 9.03. The van der Waals surface area contributed by atoms with E-state index >= 15 is 0 Å². The molecule has 2 aliphatic rings. The molecule has 1 aliphatic carbocycles. The fourth-order valence-electron chi connectivity index (χ4n) is 6.02. The Morgan fingerprint density at radius 3 is 2.14 bits per heavy atom. The van der Waals surface area contributed by atoms with Crippen molar-refractivity contribution in [3.8, 4) is 23.2 Å². The highest BCUT2D eigenvalue weighted by atomic mass is 19.4. The van der Waals surface area contributed by atoms with Gasteiger partial charge in [-0.2, -0.15) is 54.9 Å². The average Bonchev–Trinajstić information content (AvgIpc) is 3.83. The molecule has 3 N–H and O–H groups in total. The number of nitrogens with one attached hydrogen (secondary N) is 1. The number of fused-ring (bicyclic) bond motifs is 1. The lowest BCUT2D eigenvalue weighted by atomic mass is 9.82. The predicted molar refractivity (Wildman–Crippen MR) is 179 cm³/mol. The van der Waals surface area contributed by atoms with E-state index in [-0.39, 0.29) is 23.7 Å². The number of amides is 1. The summed E-state index contributed by atoms with van der Waals surface area (Å²) in [7, 11) is 1.49. The topological polar surface area (TPSA) is 216 Å². The van der Waals surface area contributed by atoms with Crippen LogP contribution in [0.25, 0.3) is 22.3 Å². The number of rotatable bonds is 8. The van der Waals surface area contributed by atoms with E-state index in [0.29, 0.717) is 38.9 Å². The zero-order valence-electron chi connectivity index (χ0n) is 30.2. The number of nitriles is 1. The van der Waals surface area contributed by atoms with E-state index in [1.165, 1.54) is 24.3 Å². The minimum Gasteiger partial charge on any atom is -0.475 e. The first kappa shape index (κ1) is 44.7. The predicted octanol–water partition coefficient (Wildman–Crippen LogP) is 5.30. The van der Waals surface area contributed by atoms with E-state index < -0.39 is 47.7 Å². The molecule has 25 heteroatoms. The SMILES string of the molecule is CCN(C)C(=O)c1cc(OC2CCC(N3CC(CC#N)(n4cc(-c5ncnc6[nH]ccc56)cn4)C3)CC2)nc(C(F)(F)F)n1.O=C(O)C(F)(F)F.O=C(O)C(F)(F)F. The normalized spacial score (nSPS) is 18.0. The van der Waals surface area contributed by atoms with E-state index in [1.54, 1.807) is 13.1 Å². The molecule has 0 unspecified atom stereocenters. The van der Waals surface area contributed by atoms with Gasteiger partial charge in [0.2, 0.25) is 11.7 Å². The molecule has 6 rings (SSSR count). The molecule has 1 amide bonds. The van der Waals surface area contributed by atoms with Gasteiger partial charge in [0.25, 0.3) is 5.91 Å². The van der Waals surface area contributed by atoms with Crippen LogP contribution in [0.15, 0.2) is 37.1 Å². The van der Waals surface area contributed by atoms with E-state index in [0.717, 1.165) is 35.1 Å². The molecule has 0 spiro atoms. The van der Waals surface area contributed by atoms with E-state index in [4.69, 9.17) is 24.5 Å². The van der Waals surface area contributed by atoms with E-state index in [1.807, 2.05) is 23.1 Å². The van der Waals surface area contributed by atoms with Gasteiger partial charge in [0.15, 0.2) is 0 Å². The number of ether oxygens (including phenoxy) is 1. The molecule has 4 aromatic heterocycles. The number of aliphatic carboxylic acids is 2. The highest BCUT2D eigenvalue weighted by molar-refractivity contribution is 5.92. The quantitative estimate of drug-likeness (QED) is 0.192. The van der Waals surface area contributed by atoms with Gasteiger partial charge in [-0.15, -0.1) is 0 Å². The Morgan fingerprint density at radius 1 is 1.00 bits per heavy atom. The van der Waals surface area contributed by atoms with E-state index in [9.17, 15) is 49.6 Å². The van der Waals surface area contributed by atoms with Crippen molar-refractivity contribution in [2.75, 3.05) is 26.7 Å². The molecule has 5 heterocycles. The first-order valence-corrected chi connectivity index (χ1v) is 16.9. The summed E-state index contributed by atoms with van der Waals surface area (Å²) < 4.78 is 112. The molecule has 16 nitrogen and oxygen atoms in total. The Morgan fingerprint density at radius 2 is 1.60 bits per heavy atom. The maximum atomic E-state index is 13.5. The molecule has 0 atom stereocenters. The molecular formula is C33H33F9N10O6. The van der Waals surface area contributed by atoms with Crippen LogP contribution in [-0.2, 0) is 21.3 Å². The van der Waals surface area contributed by atoms with Crippen molar-refractivity contribution in [2.24, 2.45) is 0 Å². The van der Waals surface area contributed by atoms with Crippen LogP contribution in [0.3, 0.4) is 0 Å².